The van der Waals surface area contributed by atoms with Crippen molar-refractivity contribution in [3.8, 4) is 0 Å². The molecule has 31 heavy (non-hydrogen) atoms. The Balaban J connectivity index is 1.27. The maximum Gasteiger partial charge on any atom is 0.223 e. The van der Waals surface area contributed by atoms with Crippen molar-refractivity contribution in [1.82, 2.24) is 9.62 Å². The summed E-state index contributed by atoms with van der Waals surface area (Å²) >= 11 is 0. The van der Waals surface area contributed by atoms with Crippen LogP contribution in [0, 0.1) is 11.8 Å². The minimum Gasteiger partial charge on any atom is -0.356 e. The smallest absolute Gasteiger partial charge is 0.223 e. The highest BCUT2D eigenvalue weighted by molar-refractivity contribution is 7.89. The molecule has 1 saturated heterocycles. The van der Waals surface area contributed by atoms with Gasteiger partial charge in [0.1, 0.15) is 0 Å². The lowest BCUT2D eigenvalue weighted by Crippen LogP contribution is -2.45. The molecule has 0 aromatic heterocycles. The Morgan fingerprint density at radius 3 is 2.06 bits per heavy atom. The maximum absolute atomic E-state index is 12.9. The lowest BCUT2D eigenvalue weighted by Gasteiger charge is -2.45. The summed E-state index contributed by atoms with van der Waals surface area (Å²) in [4.78, 5) is 12.9. The first-order chi connectivity index (χ1) is 15.0. The molecule has 0 unspecified atom stereocenters. The predicted octanol–water partition coefficient (Wildman–Crippen LogP) is 3.46. The molecule has 6 rings (SSSR count). The summed E-state index contributed by atoms with van der Waals surface area (Å²) in [5.41, 5.74) is 5.71. The second-order valence-electron chi connectivity index (χ2n) is 9.10. The SMILES string of the molecule is CCS(=O)(=O)N1CCC(C(=O)NC[C@@H]2CC3c4ccccc4C2c2ccccc23)CC1. The lowest BCUT2D eigenvalue weighted by atomic mass is 9.59. The van der Waals surface area contributed by atoms with Crippen molar-refractivity contribution < 1.29 is 13.2 Å². The second kappa shape index (κ2) is 8.06. The summed E-state index contributed by atoms with van der Waals surface area (Å²) < 4.78 is 25.7. The number of rotatable bonds is 5. The number of piperidine rings is 1. The summed E-state index contributed by atoms with van der Waals surface area (Å²) in [6.45, 7) is 3.24. The van der Waals surface area contributed by atoms with E-state index in [0.717, 1.165) is 6.42 Å². The van der Waals surface area contributed by atoms with Gasteiger partial charge in [-0.2, -0.15) is 0 Å². The molecule has 0 saturated carbocycles. The monoisotopic (exact) mass is 438 g/mol. The number of nitrogens with zero attached hydrogens (tertiary/aromatic N) is 1. The quantitative estimate of drug-likeness (QED) is 0.777. The molecule has 1 atom stereocenters. The second-order valence-corrected chi connectivity index (χ2v) is 11.4. The Morgan fingerprint density at radius 2 is 1.52 bits per heavy atom. The average Bonchev–Trinajstić information content (AvgIpc) is 2.82. The van der Waals surface area contributed by atoms with Crippen molar-refractivity contribution in [1.29, 1.82) is 0 Å². The molecule has 164 valence electrons. The molecule has 0 spiro atoms. The minimum atomic E-state index is -3.16. The van der Waals surface area contributed by atoms with E-state index in [2.05, 4.69) is 53.8 Å². The van der Waals surface area contributed by atoms with Gasteiger partial charge in [0.15, 0.2) is 0 Å². The number of amides is 1. The van der Waals surface area contributed by atoms with Crippen LogP contribution in [0.15, 0.2) is 48.5 Å². The molecule has 1 fully saturated rings. The molecule has 3 aliphatic carbocycles. The highest BCUT2D eigenvalue weighted by Gasteiger charge is 2.43. The van der Waals surface area contributed by atoms with E-state index in [4.69, 9.17) is 0 Å². The first-order valence-electron chi connectivity index (χ1n) is 11.4. The Labute approximate surface area is 184 Å². The fourth-order valence-corrected chi connectivity index (χ4v) is 7.05. The van der Waals surface area contributed by atoms with Crippen molar-refractivity contribution in [2.75, 3.05) is 25.4 Å². The number of hydrogen-bond acceptors (Lipinski definition) is 3. The summed E-state index contributed by atoms with van der Waals surface area (Å²) in [5.74, 6) is 1.23. The topological polar surface area (TPSA) is 66.5 Å². The van der Waals surface area contributed by atoms with E-state index in [1.54, 1.807) is 6.92 Å². The summed E-state index contributed by atoms with van der Waals surface area (Å²) in [6, 6.07) is 17.5. The zero-order valence-electron chi connectivity index (χ0n) is 18.0. The Bertz CT molecular complexity index is 1040. The molecule has 1 aliphatic heterocycles. The number of nitrogens with one attached hydrogen (secondary N) is 1. The van der Waals surface area contributed by atoms with E-state index in [0.29, 0.717) is 50.2 Å². The van der Waals surface area contributed by atoms with Gasteiger partial charge in [0.2, 0.25) is 15.9 Å². The van der Waals surface area contributed by atoms with Crippen LogP contribution < -0.4 is 5.32 Å². The van der Waals surface area contributed by atoms with Gasteiger partial charge in [-0.3, -0.25) is 4.79 Å². The number of hydrogen-bond donors (Lipinski definition) is 1. The van der Waals surface area contributed by atoms with E-state index in [9.17, 15) is 13.2 Å². The molecule has 2 bridgehead atoms. The van der Waals surface area contributed by atoms with Gasteiger partial charge in [-0.25, -0.2) is 12.7 Å². The Morgan fingerprint density at radius 1 is 0.968 bits per heavy atom. The molecule has 5 nitrogen and oxygen atoms in total. The van der Waals surface area contributed by atoms with E-state index < -0.39 is 10.0 Å². The van der Waals surface area contributed by atoms with Gasteiger partial charge < -0.3 is 5.32 Å². The molecule has 2 aromatic rings. The van der Waals surface area contributed by atoms with Crippen LogP contribution in [0.3, 0.4) is 0 Å². The number of carbonyl (C=O) groups excluding carboxylic acids is 1. The van der Waals surface area contributed by atoms with E-state index in [-0.39, 0.29) is 17.6 Å². The number of fused-ring (bicyclic) bond motifs is 1. The van der Waals surface area contributed by atoms with Gasteiger partial charge in [-0.1, -0.05) is 48.5 Å². The highest BCUT2D eigenvalue weighted by atomic mass is 32.2. The zero-order chi connectivity index (χ0) is 21.6. The standard InChI is InChI=1S/C25H30N2O3S/c1-2-31(29,30)27-13-11-17(12-14-27)25(28)26-16-18-15-23-19-7-3-5-9-21(19)24(18)22-10-6-4-8-20(22)23/h3-10,17-18,23-24H,2,11-16H2,1H3,(H,26,28)/t18-,23?,24?/m0/s1. The molecular weight excluding hydrogens is 408 g/mol. The normalized spacial score (nSPS) is 25.6. The molecule has 4 aliphatic rings. The van der Waals surface area contributed by atoms with E-state index in [1.165, 1.54) is 26.6 Å². The van der Waals surface area contributed by atoms with Crippen molar-refractivity contribution in [3.63, 3.8) is 0 Å². The van der Waals surface area contributed by atoms with Gasteiger partial charge in [-0.05, 0) is 54.4 Å². The fraction of sp³-hybridized carbons (Fsp3) is 0.480. The highest BCUT2D eigenvalue weighted by Crippen LogP contribution is 2.55. The van der Waals surface area contributed by atoms with Crippen LogP contribution in [0.25, 0.3) is 0 Å². The number of carbonyl (C=O) groups is 1. The summed E-state index contributed by atoms with van der Waals surface area (Å²) in [6.07, 6.45) is 2.27. The van der Waals surface area contributed by atoms with Crippen LogP contribution in [-0.2, 0) is 14.8 Å². The average molecular weight is 439 g/mol. The van der Waals surface area contributed by atoms with E-state index in [1.807, 2.05) is 0 Å². The van der Waals surface area contributed by atoms with Crippen molar-refractivity contribution in [2.45, 2.75) is 38.0 Å². The first kappa shape index (κ1) is 20.7. The maximum atomic E-state index is 12.9. The summed E-state index contributed by atoms with van der Waals surface area (Å²) in [5, 5.41) is 3.23. The third-order valence-corrected chi connectivity index (χ3v) is 9.43. The van der Waals surface area contributed by atoms with Gasteiger partial charge >= 0.3 is 0 Å². The molecule has 2 aromatic carbocycles. The predicted molar refractivity (Wildman–Crippen MR) is 121 cm³/mol. The third kappa shape index (κ3) is 3.60. The van der Waals surface area contributed by atoms with Crippen LogP contribution in [0.1, 0.15) is 60.3 Å². The Kier molecular flexibility index (Phi) is 5.39. The lowest BCUT2D eigenvalue weighted by molar-refractivity contribution is -0.126. The van der Waals surface area contributed by atoms with Crippen LogP contribution in [-0.4, -0.2) is 44.0 Å². The fourth-order valence-electron chi connectivity index (χ4n) is 5.91. The van der Waals surface area contributed by atoms with Gasteiger partial charge in [0.05, 0.1) is 5.75 Å². The van der Waals surface area contributed by atoms with Gasteiger partial charge in [-0.15, -0.1) is 0 Å². The van der Waals surface area contributed by atoms with Crippen molar-refractivity contribution in [3.05, 3.63) is 70.8 Å². The van der Waals surface area contributed by atoms with Crippen molar-refractivity contribution in [2.24, 2.45) is 11.8 Å². The van der Waals surface area contributed by atoms with Crippen LogP contribution >= 0.6 is 0 Å². The largest absolute Gasteiger partial charge is 0.356 e. The molecule has 1 heterocycles. The molecular formula is C25H30N2O3S. The first-order valence-corrected chi connectivity index (χ1v) is 13.0. The van der Waals surface area contributed by atoms with Gasteiger partial charge in [0, 0.05) is 37.4 Å². The third-order valence-electron chi connectivity index (χ3n) is 7.54. The zero-order valence-corrected chi connectivity index (χ0v) is 18.8. The molecule has 1 amide bonds. The number of sulfonamides is 1. The van der Waals surface area contributed by atoms with E-state index >= 15 is 0 Å². The van der Waals surface area contributed by atoms with Crippen molar-refractivity contribution >= 4 is 15.9 Å². The van der Waals surface area contributed by atoms with Crippen LogP contribution in [0.2, 0.25) is 0 Å². The Hall–Kier alpha value is -2.18. The van der Waals surface area contributed by atoms with Crippen LogP contribution in [0.5, 0.6) is 0 Å². The minimum absolute atomic E-state index is 0.0802. The van der Waals surface area contributed by atoms with Crippen LogP contribution in [0.4, 0.5) is 0 Å². The molecule has 1 N–H and O–H groups in total. The molecule has 0 radical (unpaired) electrons. The van der Waals surface area contributed by atoms with Gasteiger partial charge in [0.25, 0.3) is 0 Å². The molecule has 6 heteroatoms. The number of benzene rings is 2. The summed E-state index contributed by atoms with van der Waals surface area (Å²) in [7, 11) is -3.16.